The summed E-state index contributed by atoms with van der Waals surface area (Å²) in [4.78, 5) is 12.6. The van der Waals surface area contributed by atoms with Crippen LogP contribution in [-0.2, 0) is 9.47 Å². The summed E-state index contributed by atoms with van der Waals surface area (Å²) >= 11 is 0. The molecule has 0 amide bonds. The van der Waals surface area contributed by atoms with E-state index in [0.717, 1.165) is 10.9 Å². The molecule has 1 aromatic heterocycles. The molecular weight excluding hydrogens is 362 g/mol. The zero-order chi connectivity index (χ0) is 19.7. The largest absolute Gasteiger partial charge is 0.451 e. The van der Waals surface area contributed by atoms with Gasteiger partial charge in [0.05, 0.1) is 17.7 Å². The molecule has 3 N–H and O–H groups in total. The second-order valence-electron chi connectivity index (χ2n) is 6.75. The summed E-state index contributed by atoms with van der Waals surface area (Å²) < 4.78 is 13.1. The Morgan fingerprint density at radius 3 is 2.46 bits per heavy atom. The lowest BCUT2D eigenvalue weighted by Crippen LogP contribution is -2.57. The van der Waals surface area contributed by atoms with Gasteiger partial charge >= 0.3 is 5.97 Å². The lowest BCUT2D eigenvalue weighted by atomic mass is 9.98. The molecule has 7 heteroatoms. The molecule has 1 aliphatic rings. The molecule has 28 heavy (non-hydrogen) atoms. The summed E-state index contributed by atoms with van der Waals surface area (Å²) in [7, 11) is 0. The van der Waals surface area contributed by atoms with Crippen molar-refractivity contribution in [3.05, 3.63) is 72.4 Å². The van der Waals surface area contributed by atoms with Crippen LogP contribution >= 0.6 is 0 Å². The number of esters is 1. The second-order valence-corrected chi connectivity index (χ2v) is 6.75. The average molecular weight is 383 g/mol. The number of ether oxygens (including phenoxy) is 2. The van der Waals surface area contributed by atoms with Crippen molar-refractivity contribution in [2.75, 3.05) is 6.61 Å². The molecule has 7 nitrogen and oxygen atoms in total. The van der Waals surface area contributed by atoms with Crippen molar-refractivity contribution in [1.29, 1.82) is 0 Å². The van der Waals surface area contributed by atoms with E-state index in [9.17, 15) is 20.1 Å². The number of hydrogen-bond acceptors (Lipinski definition) is 6. The molecule has 2 heterocycles. The minimum Gasteiger partial charge on any atom is -0.451 e. The van der Waals surface area contributed by atoms with Crippen LogP contribution < -0.4 is 0 Å². The number of benzene rings is 2. The zero-order valence-corrected chi connectivity index (χ0v) is 15.0. The van der Waals surface area contributed by atoms with Gasteiger partial charge in [-0.1, -0.05) is 36.4 Å². The minimum absolute atomic E-state index is 0.324. The van der Waals surface area contributed by atoms with Gasteiger partial charge in [-0.2, -0.15) is 0 Å². The van der Waals surface area contributed by atoms with Crippen LogP contribution in [0, 0.1) is 0 Å². The third kappa shape index (κ3) is 3.29. The molecule has 1 saturated heterocycles. The van der Waals surface area contributed by atoms with Gasteiger partial charge in [0, 0.05) is 6.20 Å². The van der Waals surface area contributed by atoms with E-state index in [2.05, 4.69) is 0 Å². The van der Waals surface area contributed by atoms with Gasteiger partial charge in [-0.3, -0.25) is 0 Å². The molecule has 146 valence electrons. The molecule has 0 aliphatic carbocycles. The van der Waals surface area contributed by atoms with E-state index in [1.807, 2.05) is 30.3 Å². The number of rotatable bonds is 4. The number of aliphatic hydroxyl groups excluding tert-OH is 3. The Kier molecular flexibility index (Phi) is 5.15. The van der Waals surface area contributed by atoms with Crippen molar-refractivity contribution in [3.8, 4) is 0 Å². The predicted octanol–water partition coefficient (Wildman–Crippen LogP) is 1.48. The highest BCUT2D eigenvalue weighted by molar-refractivity contribution is 5.89. The molecule has 1 aliphatic heterocycles. The van der Waals surface area contributed by atoms with Crippen molar-refractivity contribution in [1.82, 2.24) is 4.57 Å². The van der Waals surface area contributed by atoms with Crippen LogP contribution in [0.2, 0.25) is 0 Å². The summed E-state index contributed by atoms with van der Waals surface area (Å²) in [6.07, 6.45) is -4.14. The van der Waals surface area contributed by atoms with E-state index in [1.165, 1.54) is 0 Å². The summed E-state index contributed by atoms with van der Waals surface area (Å²) in [5, 5.41) is 31.4. The van der Waals surface area contributed by atoms with E-state index in [1.54, 1.807) is 41.1 Å². The highest BCUT2D eigenvalue weighted by atomic mass is 16.6. The third-order valence-electron chi connectivity index (χ3n) is 5.00. The van der Waals surface area contributed by atoms with Gasteiger partial charge in [0.1, 0.15) is 18.3 Å². The molecule has 5 atom stereocenters. The molecule has 0 spiro atoms. The monoisotopic (exact) mass is 383 g/mol. The standard InChI is InChI=1S/C21H21NO6/c23-12-16-17(24)18(25)19(28-21(26)14-7-2-1-3-8-14)20(27-16)22-11-10-13-6-4-5-9-15(13)22/h1-11,16-20,23-25H,12H2. The molecule has 0 saturated carbocycles. The lowest BCUT2D eigenvalue weighted by Gasteiger charge is -2.42. The second kappa shape index (κ2) is 7.73. The fourth-order valence-corrected chi connectivity index (χ4v) is 3.52. The van der Waals surface area contributed by atoms with E-state index in [0.29, 0.717) is 5.56 Å². The smallest absolute Gasteiger partial charge is 0.338 e. The van der Waals surface area contributed by atoms with Gasteiger partial charge in [0.2, 0.25) is 0 Å². The maximum atomic E-state index is 12.6. The summed E-state index contributed by atoms with van der Waals surface area (Å²) in [5.41, 5.74) is 1.14. The van der Waals surface area contributed by atoms with E-state index < -0.39 is 43.2 Å². The number of fused-ring (bicyclic) bond motifs is 1. The van der Waals surface area contributed by atoms with Crippen LogP contribution in [0.1, 0.15) is 16.6 Å². The highest BCUT2D eigenvalue weighted by Crippen LogP contribution is 2.33. The van der Waals surface area contributed by atoms with Gasteiger partial charge < -0.3 is 29.4 Å². The molecule has 3 aromatic rings. The van der Waals surface area contributed by atoms with Crippen molar-refractivity contribution in [3.63, 3.8) is 0 Å². The number of para-hydroxylation sites is 1. The number of aromatic nitrogens is 1. The Labute approximate surface area is 161 Å². The van der Waals surface area contributed by atoms with Gasteiger partial charge in [0.25, 0.3) is 0 Å². The van der Waals surface area contributed by atoms with Crippen LogP contribution in [-0.4, -0.2) is 56.9 Å². The molecule has 2 aromatic carbocycles. The van der Waals surface area contributed by atoms with Crippen molar-refractivity contribution < 1.29 is 29.6 Å². The maximum Gasteiger partial charge on any atom is 0.338 e. The average Bonchev–Trinajstić information content (AvgIpc) is 3.16. The van der Waals surface area contributed by atoms with E-state index >= 15 is 0 Å². The van der Waals surface area contributed by atoms with Gasteiger partial charge in [-0.25, -0.2) is 4.79 Å². The Bertz CT molecular complexity index is 956. The van der Waals surface area contributed by atoms with Crippen LogP contribution in [0.5, 0.6) is 0 Å². The third-order valence-corrected chi connectivity index (χ3v) is 5.00. The molecule has 4 rings (SSSR count). The number of carbonyl (C=O) groups is 1. The quantitative estimate of drug-likeness (QED) is 0.590. The minimum atomic E-state index is -1.43. The van der Waals surface area contributed by atoms with Crippen LogP contribution in [0.25, 0.3) is 10.9 Å². The predicted molar refractivity (Wildman–Crippen MR) is 101 cm³/mol. The number of carbonyl (C=O) groups excluding carboxylic acids is 1. The normalized spacial score (nSPS) is 27.6. The summed E-state index contributed by atoms with van der Waals surface area (Å²) in [6.45, 7) is -0.479. The zero-order valence-electron chi connectivity index (χ0n) is 15.0. The summed E-state index contributed by atoms with van der Waals surface area (Å²) in [5.74, 6) is -0.635. The first-order valence-corrected chi connectivity index (χ1v) is 9.04. The number of nitrogens with zero attached hydrogens (tertiary/aromatic N) is 1. The Balaban J connectivity index is 1.70. The molecular formula is C21H21NO6. The molecule has 0 radical (unpaired) electrons. The van der Waals surface area contributed by atoms with Crippen LogP contribution in [0.3, 0.4) is 0 Å². The molecule has 5 unspecified atom stereocenters. The Morgan fingerprint density at radius 2 is 1.71 bits per heavy atom. The van der Waals surface area contributed by atoms with Crippen molar-refractivity contribution in [2.24, 2.45) is 0 Å². The number of hydrogen-bond donors (Lipinski definition) is 3. The van der Waals surface area contributed by atoms with Crippen molar-refractivity contribution in [2.45, 2.75) is 30.6 Å². The fourth-order valence-electron chi connectivity index (χ4n) is 3.52. The Hall–Kier alpha value is -2.71. The van der Waals surface area contributed by atoms with Gasteiger partial charge in [-0.15, -0.1) is 0 Å². The summed E-state index contributed by atoms with van der Waals surface area (Å²) in [6, 6.07) is 17.8. The van der Waals surface area contributed by atoms with Crippen molar-refractivity contribution >= 4 is 16.9 Å². The molecule has 1 fully saturated rings. The first-order chi connectivity index (χ1) is 13.6. The Morgan fingerprint density at radius 1 is 1.00 bits per heavy atom. The maximum absolute atomic E-state index is 12.6. The topological polar surface area (TPSA) is 101 Å². The molecule has 0 bridgehead atoms. The van der Waals surface area contributed by atoms with Gasteiger partial charge in [0.15, 0.2) is 12.3 Å². The van der Waals surface area contributed by atoms with Crippen LogP contribution in [0.4, 0.5) is 0 Å². The first kappa shape index (κ1) is 18.6. The lowest BCUT2D eigenvalue weighted by molar-refractivity contribution is -0.249. The SMILES string of the molecule is O=C(OC1C(O)C(O)C(CO)OC1n1ccc2ccccc21)c1ccccc1. The van der Waals surface area contributed by atoms with E-state index in [4.69, 9.17) is 9.47 Å². The highest BCUT2D eigenvalue weighted by Gasteiger charge is 2.47. The first-order valence-electron chi connectivity index (χ1n) is 9.04. The van der Waals surface area contributed by atoms with Crippen LogP contribution in [0.15, 0.2) is 66.9 Å². The van der Waals surface area contributed by atoms with E-state index in [-0.39, 0.29) is 0 Å². The fraction of sp³-hybridized carbons (Fsp3) is 0.286. The number of aliphatic hydroxyl groups is 3. The van der Waals surface area contributed by atoms with Gasteiger partial charge in [-0.05, 0) is 29.7 Å².